The van der Waals surface area contributed by atoms with Gasteiger partial charge in [0.2, 0.25) is 0 Å². The van der Waals surface area contributed by atoms with E-state index >= 15 is 0 Å². The zero-order chi connectivity index (χ0) is 12.3. The normalized spacial score (nSPS) is 16.2. The van der Waals surface area contributed by atoms with Crippen molar-refractivity contribution >= 4 is 11.6 Å². The van der Waals surface area contributed by atoms with Gasteiger partial charge in [-0.15, -0.1) is 0 Å². The Labute approximate surface area is 108 Å². The standard InChI is InChI=1S/C13H19ClN2O/c1-3-5-11(15-2)10-8-16-13(14)12-9(10)6-4-7-17-12/h8,11,15H,3-7H2,1-2H3/t11-/m0/s1. The van der Waals surface area contributed by atoms with Crippen molar-refractivity contribution in [1.82, 2.24) is 10.3 Å². The van der Waals surface area contributed by atoms with Crippen molar-refractivity contribution in [1.29, 1.82) is 0 Å². The van der Waals surface area contributed by atoms with E-state index in [-0.39, 0.29) is 0 Å². The molecule has 0 spiro atoms. The van der Waals surface area contributed by atoms with Crippen LogP contribution in [0.3, 0.4) is 0 Å². The molecular formula is C13H19ClN2O. The van der Waals surface area contributed by atoms with Gasteiger partial charge in [-0.2, -0.15) is 0 Å². The van der Waals surface area contributed by atoms with Gasteiger partial charge in [0.05, 0.1) is 6.61 Å². The summed E-state index contributed by atoms with van der Waals surface area (Å²) in [6, 6.07) is 0.347. The third kappa shape index (κ3) is 2.55. The molecule has 0 saturated carbocycles. The smallest absolute Gasteiger partial charge is 0.171 e. The second kappa shape index (κ2) is 5.69. The molecule has 17 heavy (non-hydrogen) atoms. The Kier molecular flexibility index (Phi) is 4.24. The van der Waals surface area contributed by atoms with Crippen LogP contribution in [0.2, 0.25) is 5.15 Å². The number of hydrogen-bond donors (Lipinski definition) is 1. The molecule has 1 atom stereocenters. The van der Waals surface area contributed by atoms with E-state index in [1.807, 2.05) is 13.2 Å². The molecule has 0 fully saturated rings. The molecule has 3 nitrogen and oxygen atoms in total. The Bertz CT molecular complexity index is 395. The van der Waals surface area contributed by atoms with E-state index in [1.165, 1.54) is 11.1 Å². The van der Waals surface area contributed by atoms with E-state index in [9.17, 15) is 0 Å². The number of fused-ring (bicyclic) bond motifs is 1. The average molecular weight is 255 g/mol. The van der Waals surface area contributed by atoms with Crippen LogP contribution in [0.25, 0.3) is 0 Å². The molecular weight excluding hydrogens is 236 g/mol. The van der Waals surface area contributed by atoms with Crippen molar-refractivity contribution in [3.8, 4) is 5.75 Å². The van der Waals surface area contributed by atoms with Crippen molar-refractivity contribution in [2.24, 2.45) is 0 Å². The van der Waals surface area contributed by atoms with E-state index in [2.05, 4.69) is 17.2 Å². The Balaban J connectivity index is 2.39. The molecule has 94 valence electrons. The molecule has 4 heteroatoms. The predicted molar refractivity (Wildman–Crippen MR) is 69.8 cm³/mol. The molecule has 0 unspecified atom stereocenters. The first-order chi connectivity index (χ1) is 8.27. The Morgan fingerprint density at radius 1 is 1.59 bits per heavy atom. The fourth-order valence-corrected chi connectivity index (χ4v) is 2.61. The van der Waals surface area contributed by atoms with Gasteiger partial charge in [-0.25, -0.2) is 4.98 Å². The molecule has 1 aromatic rings. The van der Waals surface area contributed by atoms with Crippen LogP contribution < -0.4 is 10.1 Å². The molecule has 0 bridgehead atoms. The fraction of sp³-hybridized carbons (Fsp3) is 0.615. The van der Waals surface area contributed by atoms with Gasteiger partial charge in [0.15, 0.2) is 10.9 Å². The van der Waals surface area contributed by atoms with E-state index in [0.717, 1.165) is 38.0 Å². The lowest BCUT2D eigenvalue weighted by Crippen LogP contribution is -2.20. The number of rotatable bonds is 4. The van der Waals surface area contributed by atoms with Crippen LogP contribution in [0.5, 0.6) is 5.75 Å². The molecule has 2 rings (SSSR count). The monoisotopic (exact) mass is 254 g/mol. The van der Waals surface area contributed by atoms with Crippen molar-refractivity contribution in [3.63, 3.8) is 0 Å². The number of ether oxygens (including phenoxy) is 1. The zero-order valence-electron chi connectivity index (χ0n) is 10.4. The predicted octanol–water partition coefficient (Wildman–Crippen LogP) is 3.12. The molecule has 0 aliphatic carbocycles. The van der Waals surface area contributed by atoms with Crippen molar-refractivity contribution < 1.29 is 4.74 Å². The van der Waals surface area contributed by atoms with Gasteiger partial charge in [0.1, 0.15) is 0 Å². The second-order valence-corrected chi connectivity index (χ2v) is 4.75. The lowest BCUT2D eigenvalue weighted by Gasteiger charge is -2.25. The maximum Gasteiger partial charge on any atom is 0.171 e. The highest BCUT2D eigenvalue weighted by atomic mass is 35.5. The highest BCUT2D eigenvalue weighted by Crippen LogP contribution is 2.36. The highest BCUT2D eigenvalue weighted by molar-refractivity contribution is 6.31. The third-order valence-corrected chi connectivity index (χ3v) is 3.51. The summed E-state index contributed by atoms with van der Waals surface area (Å²) in [6.07, 6.45) is 6.24. The zero-order valence-corrected chi connectivity index (χ0v) is 11.2. The summed E-state index contributed by atoms with van der Waals surface area (Å²) in [4.78, 5) is 4.24. The summed E-state index contributed by atoms with van der Waals surface area (Å²) in [5.74, 6) is 0.798. The van der Waals surface area contributed by atoms with Crippen LogP contribution in [0.4, 0.5) is 0 Å². The second-order valence-electron chi connectivity index (χ2n) is 4.39. The number of aromatic nitrogens is 1. The Morgan fingerprint density at radius 3 is 3.12 bits per heavy atom. The van der Waals surface area contributed by atoms with Gasteiger partial charge in [-0.05, 0) is 31.9 Å². The topological polar surface area (TPSA) is 34.2 Å². The maximum absolute atomic E-state index is 6.08. The average Bonchev–Trinajstić information content (AvgIpc) is 2.37. The molecule has 1 aliphatic heterocycles. The minimum absolute atomic E-state index is 0.347. The van der Waals surface area contributed by atoms with E-state index in [0.29, 0.717) is 11.2 Å². The molecule has 1 N–H and O–H groups in total. The van der Waals surface area contributed by atoms with E-state index in [4.69, 9.17) is 16.3 Å². The van der Waals surface area contributed by atoms with Crippen LogP contribution in [0.15, 0.2) is 6.20 Å². The van der Waals surface area contributed by atoms with Crippen LogP contribution in [-0.2, 0) is 6.42 Å². The molecule has 0 radical (unpaired) electrons. The van der Waals surface area contributed by atoms with Gasteiger partial charge in [-0.3, -0.25) is 0 Å². The van der Waals surface area contributed by atoms with Gasteiger partial charge in [-0.1, -0.05) is 24.9 Å². The number of halogens is 1. The first-order valence-electron chi connectivity index (χ1n) is 6.25. The summed E-state index contributed by atoms with van der Waals surface area (Å²) in [5.41, 5.74) is 2.48. The number of pyridine rings is 1. The van der Waals surface area contributed by atoms with E-state index in [1.54, 1.807) is 0 Å². The third-order valence-electron chi connectivity index (χ3n) is 3.25. The summed E-state index contributed by atoms with van der Waals surface area (Å²) in [6.45, 7) is 2.94. The maximum atomic E-state index is 6.08. The number of nitrogens with zero attached hydrogens (tertiary/aromatic N) is 1. The number of nitrogens with one attached hydrogen (secondary N) is 1. The first kappa shape index (κ1) is 12.7. The molecule has 0 saturated heterocycles. The molecule has 0 aromatic carbocycles. The van der Waals surface area contributed by atoms with Gasteiger partial charge < -0.3 is 10.1 Å². The first-order valence-corrected chi connectivity index (χ1v) is 6.63. The van der Waals surface area contributed by atoms with Gasteiger partial charge in [0.25, 0.3) is 0 Å². The lowest BCUT2D eigenvalue weighted by atomic mass is 9.95. The van der Waals surface area contributed by atoms with Crippen molar-refractivity contribution in [2.75, 3.05) is 13.7 Å². The summed E-state index contributed by atoms with van der Waals surface area (Å²) in [7, 11) is 1.99. The Morgan fingerprint density at radius 2 is 2.41 bits per heavy atom. The van der Waals surface area contributed by atoms with Crippen LogP contribution in [0.1, 0.15) is 43.4 Å². The van der Waals surface area contributed by atoms with E-state index < -0.39 is 0 Å². The SMILES string of the molecule is CCC[C@H](NC)c1cnc(Cl)c2c1CCCO2. The van der Waals surface area contributed by atoms with Crippen molar-refractivity contribution in [2.45, 2.75) is 38.6 Å². The molecule has 1 aliphatic rings. The number of hydrogen-bond acceptors (Lipinski definition) is 3. The largest absolute Gasteiger partial charge is 0.490 e. The van der Waals surface area contributed by atoms with Gasteiger partial charge >= 0.3 is 0 Å². The molecule has 2 heterocycles. The molecule has 1 aromatic heterocycles. The van der Waals surface area contributed by atoms with Gasteiger partial charge in [0, 0.05) is 17.8 Å². The van der Waals surface area contributed by atoms with Crippen LogP contribution in [0, 0.1) is 0 Å². The van der Waals surface area contributed by atoms with Crippen LogP contribution >= 0.6 is 11.6 Å². The van der Waals surface area contributed by atoms with Crippen LogP contribution in [-0.4, -0.2) is 18.6 Å². The molecule has 0 amide bonds. The minimum atomic E-state index is 0.347. The highest BCUT2D eigenvalue weighted by Gasteiger charge is 2.22. The summed E-state index contributed by atoms with van der Waals surface area (Å²) < 4.78 is 5.65. The Hall–Kier alpha value is -0.800. The van der Waals surface area contributed by atoms with Crippen molar-refractivity contribution in [3.05, 3.63) is 22.5 Å². The fourth-order valence-electron chi connectivity index (χ4n) is 2.39. The summed E-state index contributed by atoms with van der Waals surface area (Å²) >= 11 is 6.08. The lowest BCUT2D eigenvalue weighted by molar-refractivity contribution is 0.285. The quantitative estimate of drug-likeness (QED) is 0.839. The minimum Gasteiger partial charge on any atom is -0.490 e. The summed E-state index contributed by atoms with van der Waals surface area (Å²) in [5, 5.41) is 3.85.